The zero-order chi connectivity index (χ0) is 20.6. The largest absolute Gasteiger partial charge is 0.354 e. The Balaban J connectivity index is 1.35. The molecule has 1 heterocycles. The van der Waals surface area contributed by atoms with Crippen molar-refractivity contribution in [1.29, 1.82) is 0 Å². The van der Waals surface area contributed by atoms with Gasteiger partial charge in [0.1, 0.15) is 5.82 Å². The van der Waals surface area contributed by atoms with Gasteiger partial charge in [0.25, 0.3) is 0 Å². The number of hydrogen-bond acceptors (Lipinski definition) is 4. The van der Waals surface area contributed by atoms with Crippen molar-refractivity contribution in [2.75, 3.05) is 44.6 Å². The number of piperazine rings is 1. The molecule has 2 amide bonds. The van der Waals surface area contributed by atoms with Crippen LogP contribution in [0.25, 0.3) is 0 Å². The van der Waals surface area contributed by atoms with Gasteiger partial charge in [-0.25, -0.2) is 4.39 Å². The van der Waals surface area contributed by atoms with Crippen LogP contribution in [0.2, 0.25) is 0 Å². The van der Waals surface area contributed by atoms with Gasteiger partial charge in [0.05, 0.1) is 12.6 Å². The first-order valence-electron chi connectivity index (χ1n) is 10.8. The lowest BCUT2D eigenvalue weighted by Gasteiger charge is -2.37. The molecule has 1 saturated carbocycles. The standard InChI is InChI=1S/C22H33FN4O2/c1-17(22(29)24-15-18-5-3-2-4-6-18)27-13-11-26(12-14-27)16-21(28)25-20-9-7-19(23)8-10-20/h7-10,17-18H,2-6,11-16H2,1H3,(H,24,29)(H,25,28)/t17-/m0/s1. The molecular formula is C22H33FN4O2. The average molecular weight is 405 g/mol. The average Bonchev–Trinajstić information content (AvgIpc) is 2.74. The smallest absolute Gasteiger partial charge is 0.238 e. The molecule has 160 valence electrons. The molecule has 1 aliphatic heterocycles. The van der Waals surface area contributed by atoms with E-state index < -0.39 is 0 Å². The summed E-state index contributed by atoms with van der Waals surface area (Å²) in [4.78, 5) is 29.0. The van der Waals surface area contributed by atoms with Crippen LogP contribution in [0.3, 0.4) is 0 Å². The van der Waals surface area contributed by atoms with Crippen molar-refractivity contribution in [3.05, 3.63) is 30.1 Å². The molecule has 0 spiro atoms. The molecule has 6 nitrogen and oxygen atoms in total. The van der Waals surface area contributed by atoms with Crippen molar-refractivity contribution in [1.82, 2.24) is 15.1 Å². The maximum Gasteiger partial charge on any atom is 0.238 e. The molecule has 29 heavy (non-hydrogen) atoms. The minimum Gasteiger partial charge on any atom is -0.354 e. The second kappa shape index (κ2) is 10.7. The van der Waals surface area contributed by atoms with Crippen molar-refractivity contribution in [3.8, 4) is 0 Å². The van der Waals surface area contributed by atoms with E-state index in [0.717, 1.165) is 32.7 Å². The van der Waals surface area contributed by atoms with Gasteiger partial charge in [0.2, 0.25) is 11.8 Å². The van der Waals surface area contributed by atoms with Crippen molar-refractivity contribution >= 4 is 17.5 Å². The fraction of sp³-hybridized carbons (Fsp3) is 0.636. The third-order valence-electron chi connectivity index (χ3n) is 6.12. The van der Waals surface area contributed by atoms with Gasteiger partial charge < -0.3 is 10.6 Å². The minimum absolute atomic E-state index is 0.108. The summed E-state index contributed by atoms with van der Waals surface area (Å²) in [7, 11) is 0. The highest BCUT2D eigenvalue weighted by atomic mass is 19.1. The molecule has 1 aromatic rings. The molecule has 0 unspecified atom stereocenters. The van der Waals surface area contributed by atoms with Crippen LogP contribution in [0.4, 0.5) is 10.1 Å². The molecule has 2 aliphatic rings. The van der Waals surface area contributed by atoms with Crippen molar-refractivity contribution in [2.45, 2.75) is 45.1 Å². The Morgan fingerprint density at radius 3 is 2.38 bits per heavy atom. The number of carbonyl (C=O) groups excluding carboxylic acids is 2. The maximum atomic E-state index is 12.9. The lowest BCUT2D eigenvalue weighted by atomic mass is 9.89. The van der Waals surface area contributed by atoms with Gasteiger partial charge in [0, 0.05) is 38.4 Å². The number of anilines is 1. The number of halogens is 1. The Morgan fingerprint density at radius 2 is 1.72 bits per heavy atom. The van der Waals surface area contributed by atoms with E-state index in [2.05, 4.69) is 20.4 Å². The van der Waals surface area contributed by atoms with E-state index in [1.54, 1.807) is 12.1 Å². The van der Waals surface area contributed by atoms with Gasteiger partial charge in [-0.15, -0.1) is 0 Å². The quantitative estimate of drug-likeness (QED) is 0.733. The highest BCUT2D eigenvalue weighted by molar-refractivity contribution is 5.92. The predicted molar refractivity (Wildman–Crippen MR) is 112 cm³/mol. The van der Waals surface area contributed by atoms with E-state index in [1.165, 1.54) is 44.2 Å². The van der Waals surface area contributed by atoms with E-state index in [0.29, 0.717) is 18.2 Å². The molecule has 0 aromatic heterocycles. The highest BCUT2D eigenvalue weighted by Gasteiger charge is 2.26. The lowest BCUT2D eigenvalue weighted by Crippen LogP contribution is -2.55. The van der Waals surface area contributed by atoms with Crippen LogP contribution in [-0.2, 0) is 9.59 Å². The van der Waals surface area contributed by atoms with Gasteiger partial charge in [-0.05, 0) is 49.9 Å². The Labute approximate surface area is 172 Å². The van der Waals surface area contributed by atoms with Crippen LogP contribution in [-0.4, -0.2) is 66.9 Å². The van der Waals surface area contributed by atoms with Crippen LogP contribution < -0.4 is 10.6 Å². The molecule has 0 bridgehead atoms. The van der Waals surface area contributed by atoms with E-state index in [4.69, 9.17) is 0 Å². The Bertz CT molecular complexity index is 668. The monoisotopic (exact) mass is 404 g/mol. The molecule has 1 atom stereocenters. The maximum absolute atomic E-state index is 12.9. The van der Waals surface area contributed by atoms with Crippen LogP contribution >= 0.6 is 0 Å². The highest BCUT2D eigenvalue weighted by Crippen LogP contribution is 2.22. The van der Waals surface area contributed by atoms with Crippen LogP contribution in [0, 0.1) is 11.7 Å². The first kappa shape index (κ1) is 21.7. The van der Waals surface area contributed by atoms with Crippen LogP contribution in [0.1, 0.15) is 39.0 Å². The molecule has 0 radical (unpaired) electrons. The van der Waals surface area contributed by atoms with E-state index in [-0.39, 0.29) is 23.7 Å². The molecule has 3 rings (SSSR count). The fourth-order valence-corrected chi connectivity index (χ4v) is 4.20. The molecule has 1 aromatic carbocycles. The van der Waals surface area contributed by atoms with Gasteiger partial charge in [-0.2, -0.15) is 0 Å². The molecule has 1 saturated heterocycles. The van der Waals surface area contributed by atoms with Crippen LogP contribution in [0.5, 0.6) is 0 Å². The third kappa shape index (κ3) is 6.78. The summed E-state index contributed by atoms with van der Waals surface area (Å²) in [5, 5.41) is 5.93. The number of nitrogens with zero attached hydrogens (tertiary/aromatic N) is 2. The van der Waals surface area contributed by atoms with Gasteiger partial charge >= 0.3 is 0 Å². The number of nitrogens with one attached hydrogen (secondary N) is 2. The molecule has 1 aliphatic carbocycles. The number of benzene rings is 1. The number of hydrogen-bond donors (Lipinski definition) is 2. The molecule has 2 N–H and O–H groups in total. The number of amides is 2. The van der Waals surface area contributed by atoms with Gasteiger partial charge in [-0.1, -0.05) is 19.3 Å². The second-order valence-electron chi connectivity index (χ2n) is 8.29. The summed E-state index contributed by atoms with van der Waals surface area (Å²) in [5.41, 5.74) is 0.596. The summed E-state index contributed by atoms with van der Waals surface area (Å²) in [6, 6.07) is 5.62. The Hall–Kier alpha value is -1.99. The molecule has 2 fully saturated rings. The number of rotatable bonds is 7. The zero-order valence-electron chi connectivity index (χ0n) is 17.3. The summed E-state index contributed by atoms with van der Waals surface area (Å²) < 4.78 is 12.9. The SMILES string of the molecule is C[C@@H](C(=O)NCC1CCCCC1)N1CCN(CC(=O)Nc2ccc(F)cc2)CC1. The van der Waals surface area contributed by atoms with Crippen LogP contribution in [0.15, 0.2) is 24.3 Å². The summed E-state index contributed by atoms with van der Waals surface area (Å²) in [5.74, 6) is 0.314. The second-order valence-corrected chi connectivity index (χ2v) is 8.29. The first-order valence-corrected chi connectivity index (χ1v) is 10.8. The number of carbonyl (C=O) groups is 2. The Kier molecular flexibility index (Phi) is 8.00. The summed E-state index contributed by atoms with van der Waals surface area (Å²) in [6.07, 6.45) is 6.35. The van der Waals surface area contributed by atoms with E-state index >= 15 is 0 Å². The molecular weight excluding hydrogens is 371 g/mol. The first-order chi connectivity index (χ1) is 14.0. The zero-order valence-corrected chi connectivity index (χ0v) is 17.3. The van der Waals surface area contributed by atoms with E-state index in [1.807, 2.05) is 6.92 Å². The fourth-order valence-electron chi connectivity index (χ4n) is 4.20. The van der Waals surface area contributed by atoms with Crippen molar-refractivity contribution in [3.63, 3.8) is 0 Å². The van der Waals surface area contributed by atoms with Crippen molar-refractivity contribution in [2.24, 2.45) is 5.92 Å². The summed E-state index contributed by atoms with van der Waals surface area (Å²) >= 11 is 0. The topological polar surface area (TPSA) is 64.7 Å². The Morgan fingerprint density at radius 1 is 1.07 bits per heavy atom. The van der Waals surface area contributed by atoms with Gasteiger partial charge in [-0.3, -0.25) is 19.4 Å². The van der Waals surface area contributed by atoms with Gasteiger partial charge in [0.15, 0.2) is 0 Å². The van der Waals surface area contributed by atoms with Crippen molar-refractivity contribution < 1.29 is 14.0 Å². The predicted octanol–water partition coefficient (Wildman–Crippen LogP) is 2.47. The third-order valence-corrected chi connectivity index (χ3v) is 6.12. The minimum atomic E-state index is -0.323. The normalized spacial score (nSPS) is 20.2. The summed E-state index contributed by atoms with van der Waals surface area (Å²) in [6.45, 7) is 6.09. The van der Waals surface area contributed by atoms with E-state index in [9.17, 15) is 14.0 Å². The lowest BCUT2D eigenvalue weighted by molar-refractivity contribution is -0.127. The molecule has 7 heteroatoms.